The van der Waals surface area contributed by atoms with E-state index in [9.17, 15) is 4.79 Å². The number of benzene rings is 1. The van der Waals surface area contributed by atoms with E-state index >= 15 is 0 Å². The average Bonchev–Trinajstić information content (AvgIpc) is 2.72. The highest BCUT2D eigenvalue weighted by molar-refractivity contribution is 5.84. The summed E-state index contributed by atoms with van der Waals surface area (Å²) in [5.74, 6) is -0.821. The summed E-state index contributed by atoms with van der Waals surface area (Å²) in [6, 6.07) is 8.07. The van der Waals surface area contributed by atoms with E-state index in [1.807, 2.05) is 30.0 Å². The maximum Gasteiger partial charge on any atom is 0.317 e. The average molecular weight is 276 g/mol. The van der Waals surface area contributed by atoms with Crippen LogP contribution >= 0.6 is 0 Å². The fourth-order valence-corrected chi connectivity index (χ4v) is 2.39. The third-order valence-corrected chi connectivity index (χ3v) is 3.38. The highest BCUT2D eigenvalue weighted by Crippen LogP contribution is 2.23. The van der Waals surface area contributed by atoms with Crippen molar-refractivity contribution >= 4 is 16.9 Å². The number of carboxylic acids is 1. The van der Waals surface area contributed by atoms with Gasteiger partial charge in [0.2, 0.25) is 0 Å². The van der Waals surface area contributed by atoms with Gasteiger partial charge in [0.25, 0.3) is 0 Å². The molecule has 0 spiro atoms. The Morgan fingerprint density at radius 1 is 1.40 bits per heavy atom. The van der Waals surface area contributed by atoms with Crippen LogP contribution in [-0.2, 0) is 16.1 Å². The maximum atomic E-state index is 11.0. The Balaban J connectivity index is 2.22. The predicted molar refractivity (Wildman–Crippen MR) is 77.8 cm³/mol. The van der Waals surface area contributed by atoms with Gasteiger partial charge in [-0.1, -0.05) is 18.2 Å². The summed E-state index contributed by atoms with van der Waals surface area (Å²) >= 11 is 0. The van der Waals surface area contributed by atoms with Crippen molar-refractivity contribution in [2.24, 2.45) is 0 Å². The molecule has 0 aliphatic rings. The molecule has 0 radical (unpaired) electrons. The van der Waals surface area contributed by atoms with Crippen LogP contribution in [0.3, 0.4) is 0 Å². The Kier molecular flexibility index (Phi) is 4.76. The summed E-state index contributed by atoms with van der Waals surface area (Å²) in [5, 5.41) is 10.2. The third-order valence-electron chi connectivity index (χ3n) is 3.38. The summed E-state index contributed by atoms with van der Waals surface area (Å²) in [4.78, 5) is 16.2. The number of H-pyrrole nitrogens is 1. The second-order valence-corrected chi connectivity index (χ2v) is 4.87. The van der Waals surface area contributed by atoms with Crippen molar-refractivity contribution in [2.45, 2.75) is 13.5 Å². The normalized spacial score (nSPS) is 11.3. The molecule has 0 saturated heterocycles. The van der Waals surface area contributed by atoms with E-state index in [2.05, 4.69) is 11.1 Å². The zero-order valence-electron chi connectivity index (χ0n) is 11.8. The van der Waals surface area contributed by atoms with E-state index in [0.717, 1.165) is 22.2 Å². The molecule has 0 amide bonds. The number of rotatable bonds is 7. The van der Waals surface area contributed by atoms with Crippen LogP contribution in [0.4, 0.5) is 0 Å². The number of carboxylic acid groups (broad SMARTS) is 1. The van der Waals surface area contributed by atoms with Crippen molar-refractivity contribution in [3.8, 4) is 0 Å². The third kappa shape index (κ3) is 3.37. The van der Waals surface area contributed by atoms with Gasteiger partial charge in [-0.05, 0) is 18.6 Å². The molecule has 0 unspecified atom stereocenters. The fraction of sp³-hybridized carbons (Fsp3) is 0.400. The number of fused-ring (bicyclic) bond motifs is 1. The number of carbonyl (C=O) groups is 1. The minimum absolute atomic E-state index is 0.0162. The van der Waals surface area contributed by atoms with E-state index in [4.69, 9.17) is 9.84 Å². The van der Waals surface area contributed by atoms with Crippen LogP contribution in [0, 0.1) is 6.92 Å². The Hall–Kier alpha value is -1.85. The molecule has 5 nitrogen and oxygen atoms in total. The predicted octanol–water partition coefficient (Wildman–Crippen LogP) is 2.01. The molecular formula is C15H20N2O3. The number of hydrogen-bond donors (Lipinski definition) is 2. The summed E-state index contributed by atoms with van der Waals surface area (Å²) in [6.07, 6.45) is 0. The van der Waals surface area contributed by atoms with Gasteiger partial charge in [-0.25, -0.2) is 0 Å². The van der Waals surface area contributed by atoms with Crippen molar-refractivity contribution in [3.05, 3.63) is 35.5 Å². The van der Waals surface area contributed by atoms with Gasteiger partial charge in [-0.15, -0.1) is 0 Å². The minimum Gasteiger partial charge on any atom is -0.480 e. The molecule has 5 heteroatoms. The molecule has 0 atom stereocenters. The Bertz CT molecular complexity index is 592. The number of nitrogens with one attached hydrogen (secondary N) is 1. The van der Waals surface area contributed by atoms with E-state index in [1.54, 1.807) is 7.11 Å². The van der Waals surface area contributed by atoms with Crippen molar-refractivity contribution in [1.29, 1.82) is 0 Å². The molecule has 0 aliphatic carbocycles. The Labute approximate surface area is 118 Å². The van der Waals surface area contributed by atoms with Crippen LogP contribution in [0.25, 0.3) is 10.9 Å². The first kappa shape index (κ1) is 14.6. The van der Waals surface area contributed by atoms with Gasteiger partial charge in [0.1, 0.15) is 0 Å². The molecule has 1 aromatic carbocycles. The number of aryl methyl sites for hydroxylation is 1. The second-order valence-electron chi connectivity index (χ2n) is 4.87. The molecule has 2 N–H and O–H groups in total. The Morgan fingerprint density at radius 2 is 2.15 bits per heavy atom. The van der Waals surface area contributed by atoms with E-state index in [-0.39, 0.29) is 6.54 Å². The highest BCUT2D eigenvalue weighted by atomic mass is 16.5. The summed E-state index contributed by atoms with van der Waals surface area (Å²) in [7, 11) is 1.62. The number of hydrogen-bond acceptors (Lipinski definition) is 3. The lowest BCUT2D eigenvalue weighted by atomic mass is 10.1. The first-order valence-corrected chi connectivity index (χ1v) is 6.61. The van der Waals surface area contributed by atoms with Gasteiger partial charge in [0.05, 0.1) is 13.2 Å². The molecule has 0 aliphatic heterocycles. The number of para-hydroxylation sites is 1. The SMILES string of the molecule is COCCN(CC(=O)O)Cc1c(C)[nH]c2ccccc12. The molecular weight excluding hydrogens is 256 g/mol. The summed E-state index contributed by atoms with van der Waals surface area (Å²) in [6.45, 7) is 3.76. The van der Waals surface area contributed by atoms with Crippen LogP contribution in [0.2, 0.25) is 0 Å². The zero-order chi connectivity index (χ0) is 14.5. The number of nitrogens with zero attached hydrogens (tertiary/aromatic N) is 1. The van der Waals surface area contributed by atoms with Crippen LogP contribution in [0.1, 0.15) is 11.3 Å². The number of aromatic amines is 1. The van der Waals surface area contributed by atoms with Gasteiger partial charge in [0.15, 0.2) is 0 Å². The van der Waals surface area contributed by atoms with Gasteiger partial charge < -0.3 is 14.8 Å². The van der Waals surface area contributed by atoms with Crippen molar-refractivity contribution in [2.75, 3.05) is 26.8 Å². The van der Waals surface area contributed by atoms with Crippen LogP contribution in [-0.4, -0.2) is 47.8 Å². The fourth-order valence-electron chi connectivity index (χ4n) is 2.39. The van der Waals surface area contributed by atoms with Gasteiger partial charge in [-0.2, -0.15) is 0 Å². The van der Waals surface area contributed by atoms with Crippen LogP contribution in [0.5, 0.6) is 0 Å². The maximum absolute atomic E-state index is 11.0. The molecule has 2 rings (SSSR count). The number of aliphatic carboxylic acids is 1. The number of aromatic nitrogens is 1. The topological polar surface area (TPSA) is 65.6 Å². The molecule has 20 heavy (non-hydrogen) atoms. The molecule has 2 aromatic rings. The van der Waals surface area contributed by atoms with Crippen molar-refractivity contribution < 1.29 is 14.6 Å². The molecule has 108 valence electrons. The summed E-state index contributed by atoms with van der Waals surface area (Å²) in [5.41, 5.74) is 3.32. The standard InChI is InChI=1S/C15H20N2O3/c1-11-13(12-5-3-4-6-14(12)16-11)9-17(7-8-20-2)10-15(18)19/h3-6,16H,7-10H2,1-2H3,(H,18,19). The largest absolute Gasteiger partial charge is 0.480 e. The van der Waals surface area contributed by atoms with Gasteiger partial charge in [0, 0.05) is 36.8 Å². The molecule has 1 aromatic heterocycles. The summed E-state index contributed by atoms with van der Waals surface area (Å²) < 4.78 is 5.05. The lowest BCUT2D eigenvalue weighted by Crippen LogP contribution is -2.32. The molecule has 1 heterocycles. The Morgan fingerprint density at radius 3 is 2.85 bits per heavy atom. The highest BCUT2D eigenvalue weighted by Gasteiger charge is 2.14. The zero-order valence-corrected chi connectivity index (χ0v) is 11.8. The monoisotopic (exact) mass is 276 g/mol. The molecule has 0 fully saturated rings. The molecule has 0 saturated carbocycles. The van der Waals surface area contributed by atoms with Crippen LogP contribution < -0.4 is 0 Å². The first-order valence-electron chi connectivity index (χ1n) is 6.61. The number of ether oxygens (including phenoxy) is 1. The van der Waals surface area contributed by atoms with Crippen molar-refractivity contribution in [3.63, 3.8) is 0 Å². The van der Waals surface area contributed by atoms with Crippen molar-refractivity contribution in [1.82, 2.24) is 9.88 Å². The lowest BCUT2D eigenvalue weighted by Gasteiger charge is -2.20. The van der Waals surface area contributed by atoms with E-state index in [1.165, 1.54) is 0 Å². The van der Waals surface area contributed by atoms with E-state index in [0.29, 0.717) is 19.7 Å². The lowest BCUT2D eigenvalue weighted by molar-refractivity contribution is -0.138. The van der Waals surface area contributed by atoms with Gasteiger partial charge >= 0.3 is 5.97 Å². The van der Waals surface area contributed by atoms with E-state index < -0.39 is 5.97 Å². The van der Waals surface area contributed by atoms with Gasteiger partial charge in [-0.3, -0.25) is 9.69 Å². The van der Waals surface area contributed by atoms with Crippen LogP contribution in [0.15, 0.2) is 24.3 Å². The first-order chi connectivity index (χ1) is 9.61. The minimum atomic E-state index is -0.821. The smallest absolute Gasteiger partial charge is 0.317 e. The second kappa shape index (κ2) is 6.54. The molecule has 0 bridgehead atoms. The number of methoxy groups -OCH3 is 1. The quantitative estimate of drug-likeness (QED) is 0.812.